The summed E-state index contributed by atoms with van der Waals surface area (Å²) >= 11 is 1.81. The van der Waals surface area contributed by atoms with Crippen molar-refractivity contribution in [3.8, 4) is 0 Å². The summed E-state index contributed by atoms with van der Waals surface area (Å²) in [5.74, 6) is -0.0416. The molecule has 0 heterocycles. The lowest BCUT2D eigenvalue weighted by Crippen LogP contribution is -2.34. The number of nitrogen functional groups attached to an aromatic ring is 1. The Morgan fingerprint density at radius 2 is 2.11 bits per heavy atom. The van der Waals surface area contributed by atoms with Gasteiger partial charge in [-0.1, -0.05) is 18.2 Å². The van der Waals surface area contributed by atoms with Crippen LogP contribution < -0.4 is 10.5 Å². The van der Waals surface area contributed by atoms with Crippen molar-refractivity contribution in [1.82, 2.24) is 4.72 Å². The molecule has 0 aromatic heterocycles. The quantitative estimate of drug-likeness (QED) is 0.816. The average Bonchev–Trinajstić information content (AvgIpc) is 2.78. The molecule has 2 rings (SSSR count). The van der Waals surface area contributed by atoms with E-state index in [1.165, 1.54) is 0 Å². The van der Waals surface area contributed by atoms with Crippen molar-refractivity contribution in [3.05, 3.63) is 29.8 Å². The molecule has 3 N–H and O–H groups in total. The van der Waals surface area contributed by atoms with Crippen LogP contribution in [-0.2, 0) is 15.8 Å². The monoisotopic (exact) mass is 300 g/mol. The zero-order valence-electron chi connectivity index (χ0n) is 11.0. The van der Waals surface area contributed by atoms with Crippen molar-refractivity contribution in [1.29, 1.82) is 0 Å². The first-order valence-corrected chi connectivity index (χ1v) is 9.30. The van der Waals surface area contributed by atoms with Crippen molar-refractivity contribution in [3.63, 3.8) is 0 Å². The molecule has 0 saturated heterocycles. The smallest absolute Gasteiger partial charge is 0.216 e. The van der Waals surface area contributed by atoms with E-state index in [-0.39, 0.29) is 11.8 Å². The molecule has 1 aliphatic rings. The number of nitrogens with two attached hydrogens (primary N) is 1. The lowest BCUT2D eigenvalue weighted by atomic mass is 10.2. The van der Waals surface area contributed by atoms with Crippen LogP contribution in [0.3, 0.4) is 0 Å². The topological polar surface area (TPSA) is 72.2 Å². The van der Waals surface area contributed by atoms with Gasteiger partial charge in [0.05, 0.1) is 5.75 Å². The standard InChI is InChI=1S/C13H20N2O2S2/c1-18-12-7-6-11(8-12)15-19(16,17)9-10-4-2-3-5-13(10)14/h2-5,11-12,15H,6-9,14H2,1H3. The number of thioether (sulfide) groups is 1. The number of nitrogens with one attached hydrogen (secondary N) is 1. The molecule has 6 heteroatoms. The number of rotatable bonds is 5. The van der Waals surface area contributed by atoms with E-state index in [4.69, 9.17) is 5.73 Å². The normalized spacial score (nSPS) is 23.6. The molecule has 2 atom stereocenters. The van der Waals surface area contributed by atoms with Gasteiger partial charge in [-0.05, 0) is 37.1 Å². The predicted molar refractivity (Wildman–Crippen MR) is 81.6 cm³/mol. The number of benzene rings is 1. The third kappa shape index (κ3) is 4.12. The molecule has 1 fully saturated rings. The van der Waals surface area contributed by atoms with E-state index in [9.17, 15) is 8.42 Å². The van der Waals surface area contributed by atoms with Crippen LogP contribution in [0.4, 0.5) is 5.69 Å². The molecule has 19 heavy (non-hydrogen) atoms. The van der Waals surface area contributed by atoms with Gasteiger partial charge in [-0.15, -0.1) is 0 Å². The highest BCUT2D eigenvalue weighted by atomic mass is 32.2. The highest BCUT2D eigenvalue weighted by molar-refractivity contribution is 7.99. The molecular weight excluding hydrogens is 280 g/mol. The maximum absolute atomic E-state index is 12.1. The van der Waals surface area contributed by atoms with Gasteiger partial charge in [0.2, 0.25) is 10.0 Å². The van der Waals surface area contributed by atoms with Crippen LogP contribution >= 0.6 is 11.8 Å². The van der Waals surface area contributed by atoms with Crippen molar-refractivity contribution in [2.45, 2.75) is 36.3 Å². The molecule has 1 aromatic carbocycles. The highest BCUT2D eigenvalue weighted by Crippen LogP contribution is 2.28. The van der Waals surface area contributed by atoms with Crippen molar-refractivity contribution < 1.29 is 8.42 Å². The number of hydrogen-bond donors (Lipinski definition) is 2. The first kappa shape index (κ1) is 14.7. The molecule has 0 aliphatic heterocycles. The molecule has 4 nitrogen and oxygen atoms in total. The Hall–Kier alpha value is -0.720. The fraction of sp³-hybridized carbons (Fsp3) is 0.538. The van der Waals surface area contributed by atoms with E-state index >= 15 is 0 Å². The van der Waals surface area contributed by atoms with Crippen molar-refractivity contribution in [2.75, 3.05) is 12.0 Å². The number of hydrogen-bond acceptors (Lipinski definition) is 4. The Bertz CT molecular complexity index is 531. The first-order chi connectivity index (χ1) is 9.00. The summed E-state index contributed by atoms with van der Waals surface area (Å²) in [5.41, 5.74) is 6.97. The molecule has 0 radical (unpaired) electrons. The van der Waals surface area contributed by atoms with Crippen LogP contribution in [-0.4, -0.2) is 26.0 Å². The second-order valence-electron chi connectivity index (χ2n) is 4.94. The van der Waals surface area contributed by atoms with Gasteiger partial charge in [0.15, 0.2) is 0 Å². The summed E-state index contributed by atoms with van der Waals surface area (Å²) in [6.45, 7) is 0. The fourth-order valence-electron chi connectivity index (χ4n) is 2.43. The largest absolute Gasteiger partial charge is 0.398 e. The Kier molecular flexibility index (Phi) is 4.76. The van der Waals surface area contributed by atoms with E-state index in [1.807, 2.05) is 11.8 Å². The summed E-state index contributed by atoms with van der Waals surface area (Å²) in [6.07, 6.45) is 5.01. The molecule has 0 amide bonds. The zero-order chi connectivity index (χ0) is 13.9. The maximum Gasteiger partial charge on any atom is 0.216 e. The van der Waals surface area contributed by atoms with Gasteiger partial charge in [0, 0.05) is 17.0 Å². The predicted octanol–water partition coefficient (Wildman–Crippen LogP) is 1.97. The van der Waals surface area contributed by atoms with Gasteiger partial charge >= 0.3 is 0 Å². The summed E-state index contributed by atoms with van der Waals surface area (Å²) in [6, 6.07) is 7.17. The van der Waals surface area contributed by atoms with E-state index < -0.39 is 10.0 Å². The lowest BCUT2D eigenvalue weighted by Gasteiger charge is -2.14. The van der Waals surface area contributed by atoms with E-state index in [1.54, 1.807) is 24.3 Å². The van der Waals surface area contributed by atoms with Crippen LogP contribution in [0.25, 0.3) is 0 Å². The van der Waals surface area contributed by atoms with Crippen LogP contribution in [0.15, 0.2) is 24.3 Å². The minimum absolute atomic E-state index is 0.0416. The molecular formula is C13H20N2O2S2. The Morgan fingerprint density at radius 3 is 2.74 bits per heavy atom. The minimum atomic E-state index is -3.31. The third-order valence-electron chi connectivity index (χ3n) is 3.46. The molecule has 1 aromatic rings. The Morgan fingerprint density at radius 1 is 1.37 bits per heavy atom. The van der Waals surface area contributed by atoms with E-state index in [0.29, 0.717) is 16.5 Å². The summed E-state index contributed by atoms with van der Waals surface area (Å²) in [4.78, 5) is 0. The SMILES string of the molecule is CSC1CCC(NS(=O)(=O)Cc2ccccc2N)C1. The highest BCUT2D eigenvalue weighted by Gasteiger charge is 2.27. The van der Waals surface area contributed by atoms with E-state index in [0.717, 1.165) is 19.3 Å². The Labute approximate surface area is 119 Å². The summed E-state index contributed by atoms with van der Waals surface area (Å²) < 4.78 is 27.1. The van der Waals surface area contributed by atoms with Crippen LogP contribution in [0, 0.1) is 0 Å². The van der Waals surface area contributed by atoms with Crippen LogP contribution in [0.2, 0.25) is 0 Å². The molecule has 1 aliphatic carbocycles. The molecule has 1 saturated carbocycles. The number of anilines is 1. The van der Waals surface area contributed by atoms with Crippen molar-refractivity contribution >= 4 is 27.5 Å². The average molecular weight is 300 g/mol. The Balaban J connectivity index is 1.98. The molecule has 106 valence electrons. The zero-order valence-corrected chi connectivity index (χ0v) is 12.6. The van der Waals surface area contributed by atoms with Crippen LogP contribution in [0.5, 0.6) is 0 Å². The number of para-hydroxylation sites is 1. The molecule has 2 unspecified atom stereocenters. The summed E-state index contributed by atoms with van der Waals surface area (Å²) in [7, 11) is -3.31. The van der Waals surface area contributed by atoms with Gasteiger partial charge in [0.25, 0.3) is 0 Å². The van der Waals surface area contributed by atoms with Crippen molar-refractivity contribution in [2.24, 2.45) is 0 Å². The van der Waals surface area contributed by atoms with Gasteiger partial charge in [-0.2, -0.15) is 11.8 Å². The third-order valence-corrected chi connectivity index (χ3v) is 5.94. The fourth-order valence-corrected chi connectivity index (χ4v) is 4.70. The second kappa shape index (κ2) is 6.15. The lowest BCUT2D eigenvalue weighted by molar-refractivity contribution is 0.552. The second-order valence-corrected chi connectivity index (χ2v) is 7.84. The van der Waals surface area contributed by atoms with Gasteiger partial charge < -0.3 is 5.73 Å². The van der Waals surface area contributed by atoms with Gasteiger partial charge in [-0.3, -0.25) is 0 Å². The maximum atomic E-state index is 12.1. The van der Waals surface area contributed by atoms with Gasteiger partial charge in [0.1, 0.15) is 0 Å². The molecule has 0 spiro atoms. The van der Waals surface area contributed by atoms with Gasteiger partial charge in [-0.25, -0.2) is 13.1 Å². The van der Waals surface area contributed by atoms with Crippen LogP contribution in [0.1, 0.15) is 24.8 Å². The minimum Gasteiger partial charge on any atom is -0.398 e. The first-order valence-electron chi connectivity index (χ1n) is 6.36. The molecule has 0 bridgehead atoms. The van der Waals surface area contributed by atoms with E-state index in [2.05, 4.69) is 11.0 Å². The summed E-state index contributed by atoms with van der Waals surface area (Å²) in [5, 5.41) is 0.578. The number of sulfonamides is 1.